The molecule has 0 atom stereocenters. The van der Waals surface area contributed by atoms with E-state index in [1.807, 2.05) is 0 Å². The number of nitrogens with zero attached hydrogens (tertiary/aromatic N) is 2. The lowest BCUT2D eigenvalue weighted by Gasteiger charge is -2.26. The standard InChI is InChI=1S/C21H29N3O2/c1-8-26-18(25)14-12-22-19(23-13-14)24-17-10-15(20(2,3)4)9-16(11-17)21(5,6)7/h9-13H,8H2,1-7H3,(H,22,23,24). The molecule has 0 saturated carbocycles. The van der Waals surface area contributed by atoms with Crippen molar-refractivity contribution in [2.24, 2.45) is 0 Å². The Morgan fingerprint density at radius 3 is 1.88 bits per heavy atom. The van der Waals surface area contributed by atoms with Gasteiger partial charge in [-0.15, -0.1) is 0 Å². The lowest BCUT2D eigenvalue weighted by Crippen LogP contribution is -2.17. The summed E-state index contributed by atoms with van der Waals surface area (Å²) < 4.78 is 4.95. The van der Waals surface area contributed by atoms with Gasteiger partial charge in [0.2, 0.25) is 5.95 Å². The van der Waals surface area contributed by atoms with Crippen LogP contribution in [0, 0.1) is 0 Å². The van der Waals surface area contributed by atoms with Crippen LogP contribution in [-0.2, 0) is 15.6 Å². The van der Waals surface area contributed by atoms with E-state index in [0.717, 1.165) is 5.69 Å². The molecule has 1 aromatic carbocycles. The number of carbonyl (C=O) groups excluding carboxylic acids is 1. The number of rotatable bonds is 4. The number of aromatic nitrogens is 2. The summed E-state index contributed by atoms with van der Waals surface area (Å²) in [6.45, 7) is 15.3. The van der Waals surface area contributed by atoms with Crippen molar-refractivity contribution in [2.45, 2.75) is 59.3 Å². The lowest BCUT2D eigenvalue weighted by molar-refractivity contribution is 0.0525. The highest BCUT2D eigenvalue weighted by Crippen LogP contribution is 2.32. The predicted molar refractivity (Wildman–Crippen MR) is 105 cm³/mol. The molecule has 0 aliphatic rings. The highest BCUT2D eigenvalue weighted by molar-refractivity contribution is 5.88. The molecule has 0 bridgehead atoms. The molecule has 5 heteroatoms. The fourth-order valence-corrected chi connectivity index (χ4v) is 2.41. The van der Waals surface area contributed by atoms with E-state index in [9.17, 15) is 4.79 Å². The van der Waals surface area contributed by atoms with Crippen LogP contribution in [-0.4, -0.2) is 22.5 Å². The average Bonchev–Trinajstić information content (AvgIpc) is 2.54. The molecule has 0 aliphatic carbocycles. The predicted octanol–water partition coefficient (Wildman–Crippen LogP) is 4.99. The zero-order chi connectivity index (χ0) is 19.5. The summed E-state index contributed by atoms with van der Waals surface area (Å²) in [6.07, 6.45) is 2.96. The third kappa shape index (κ3) is 5.04. The van der Waals surface area contributed by atoms with Crippen molar-refractivity contribution in [2.75, 3.05) is 11.9 Å². The van der Waals surface area contributed by atoms with E-state index >= 15 is 0 Å². The first-order chi connectivity index (χ1) is 12.0. The fourth-order valence-electron chi connectivity index (χ4n) is 2.41. The van der Waals surface area contributed by atoms with Crippen molar-refractivity contribution in [1.82, 2.24) is 9.97 Å². The van der Waals surface area contributed by atoms with Crippen molar-refractivity contribution < 1.29 is 9.53 Å². The van der Waals surface area contributed by atoms with Crippen LogP contribution >= 0.6 is 0 Å². The number of carbonyl (C=O) groups is 1. The van der Waals surface area contributed by atoms with Gasteiger partial charge in [-0.25, -0.2) is 14.8 Å². The Morgan fingerprint density at radius 2 is 1.46 bits per heavy atom. The number of hydrogen-bond donors (Lipinski definition) is 1. The maximum atomic E-state index is 11.7. The van der Waals surface area contributed by atoms with Gasteiger partial charge >= 0.3 is 5.97 Å². The SMILES string of the molecule is CCOC(=O)c1cnc(Nc2cc(C(C)(C)C)cc(C(C)(C)C)c2)nc1. The van der Waals surface area contributed by atoms with E-state index in [-0.39, 0.29) is 10.8 Å². The molecule has 0 unspecified atom stereocenters. The van der Waals surface area contributed by atoms with E-state index < -0.39 is 5.97 Å². The smallest absolute Gasteiger partial charge is 0.341 e. The molecular formula is C21H29N3O2. The molecule has 1 N–H and O–H groups in total. The van der Waals surface area contributed by atoms with Crippen LogP contribution in [0.1, 0.15) is 70.0 Å². The van der Waals surface area contributed by atoms with Gasteiger partial charge in [0.05, 0.1) is 12.2 Å². The third-order valence-electron chi connectivity index (χ3n) is 4.08. The molecule has 0 fully saturated rings. The molecule has 0 spiro atoms. The Labute approximate surface area is 156 Å². The first-order valence-electron chi connectivity index (χ1n) is 8.93. The first-order valence-corrected chi connectivity index (χ1v) is 8.93. The normalized spacial score (nSPS) is 12.0. The molecular weight excluding hydrogens is 326 g/mol. The van der Waals surface area contributed by atoms with E-state index in [2.05, 4.69) is 75.0 Å². The number of anilines is 2. The van der Waals surface area contributed by atoms with Crippen LogP contribution in [0.25, 0.3) is 0 Å². The van der Waals surface area contributed by atoms with Crippen LogP contribution in [0.2, 0.25) is 0 Å². The summed E-state index contributed by atoms with van der Waals surface area (Å²) in [5, 5.41) is 3.25. The van der Waals surface area contributed by atoms with Crippen LogP contribution in [0.4, 0.5) is 11.6 Å². The zero-order valence-electron chi connectivity index (χ0n) is 16.8. The van der Waals surface area contributed by atoms with Crippen molar-refractivity contribution in [3.63, 3.8) is 0 Å². The Kier molecular flexibility index (Phi) is 5.69. The summed E-state index contributed by atoms with van der Waals surface area (Å²) in [5.41, 5.74) is 3.84. The number of ether oxygens (including phenoxy) is 1. The van der Waals surface area contributed by atoms with E-state index in [1.54, 1.807) is 6.92 Å². The Balaban J connectivity index is 2.32. The first kappa shape index (κ1) is 19.9. The summed E-state index contributed by atoms with van der Waals surface area (Å²) in [4.78, 5) is 20.2. The monoisotopic (exact) mass is 355 g/mol. The van der Waals surface area contributed by atoms with Gasteiger partial charge in [-0.05, 0) is 41.0 Å². The average molecular weight is 355 g/mol. The van der Waals surface area contributed by atoms with Crippen LogP contribution in [0.3, 0.4) is 0 Å². The minimum atomic E-state index is -0.413. The summed E-state index contributed by atoms with van der Waals surface area (Å²) in [5.74, 6) is 0.0350. The van der Waals surface area contributed by atoms with Crippen LogP contribution in [0.5, 0.6) is 0 Å². The molecule has 5 nitrogen and oxygen atoms in total. The molecule has 0 radical (unpaired) electrons. The van der Waals surface area contributed by atoms with Crippen molar-refractivity contribution in [3.8, 4) is 0 Å². The largest absolute Gasteiger partial charge is 0.462 e. The van der Waals surface area contributed by atoms with Crippen molar-refractivity contribution in [1.29, 1.82) is 0 Å². The van der Waals surface area contributed by atoms with Gasteiger partial charge in [-0.2, -0.15) is 0 Å². The van der Waals surface area contributed by atoms with Gasteiger partial charge < -0.3 is 10.1 Å². The van der Waals surface area contributed by atoms with Crippen LogP contribution in [0.15, 0.2) is 30.6 Å². The molecule has 1 aromatic heterocycles. The Morgan fingerprint density at radius 1 is 0.962 bits per heavy atom. The van der Waals surface area contributed by atoms with Gasteiger partial charge in [-0.1, -0.05) is 47.6 Å². The van der Waals surface area contributed by atoms with E-state index in [4.69, 9.17) is 4.74 Å². The highest BCUT2D eigenvalue weighted by atomic mass is 16.5. The quantitative estimate of drug-likeness (QED) is 0.783. The van der Waals surface area contributed by atoms with E-state index in [1.165, 1.54) is 23.5 Å². The maximum Gasteiger partial charge on any atom is 0.341 e. The van der Waals surface area contributed by atoms with Crippen molar-refractivity contribution in [3.05, 3.63) is 47.3 Å². The number of benzene rings is 1. The zero-order valence-corrected chi connectivity index (χ0v) is 16.8. The Hall–Kier alpha value is -2.43. The lowest BCUT2D eigenvalue weighted by atomic mass is 9.80. The minimum absolute atomic E-state index is 0.0340. The van der Waals surface area contributed by atoms with E-state index in [0.29, 0.717) is 18.1 Å². The molecule has 2 aromatic rings. The number of nitrogens with one attached hydrogen (secondary N) is 1. The van der Waals surface area contributed by atoms with Gasteiger partial charge in [0, 0.05) is 18.1 Å². The Bertz CT molecular complexity index is 737. The summed E-state index contributed by atoms with van der Waals surface area (Å²) >= 11 is 0. The molecule has 140 valence electrons. The molecule has 2 rings (SSSR count). The van der Waals surface area contributed by atoms with Crippen LogP contribution < -0.4 is 5.32 Å². The fraction of sp³-hybridized carbons (Fsp3) is 0.476. The number of hydrogen-bond acceptors (Lipinski definition) is 5. The van der Waals surface area contributed by atoms with Gasteiger partial charge in [0.25, 0.3) is 0 Å². The van der Waals surface area contributed by atoms with Gasteiger partial charge in [0.1, 0.15) is 0 Å². The molecule has 26 heavy (non-hydrogen) atoms. The van der Waals surface area contributed by atoms with Gasteiger partial charge in [0.15, 0.2) is 0 Å². The number of esters is 1. The molecule has 1 heterocycles. The molecule has 0 amide bonds. The minimum Gasteiger partial charge on any atom is -0.462 e. The molecule has 0 saturated heterocycles. The summed E-state index contributed by atoms with van der Waals surface area (Å²) in [7, 11) is 0. The topological polar surface area (TPSA) is 64.1 Å². The second-order valence-corrected chi connectivity index (χ2v) is 8.44. The second kappa shape index (κ2) is 7.44. The molecule has 0 aliphatic heterocycles. The van der Waals surface area contributed by atoms with Crippen molar-refractivity contribution >= 4 is 17.6 Å². The third-order valence-corrected chi connectivity index (χ3v) is 4.08. The highest BCUT2D eigenvalue weighted by Gasteiger charge is 2.20. The summed E-state index contributed by atoms with van der Waals surface area (Å²) in [6, 6.07) is 6.51. The maximum absolute atomic E-state index is 11.7. The van der Waals surface area contributed by atoms with Gasteiger partial charge in [-0.3, -0.25) is 0 Å². The second-order valence-electron chi connectivity index (χ2n) is 8.44.